The second kappa shape index (κ2) is 7.59. The highest BCUT2D eigenvalue weighted by atomic mass is 35.5. The predicted molar refractivity (Wildman–Crippen MR) is 102 cm³/mol. The zero-order valence-corrected chi connectivity index (χ0v) is 15.2. The Morgan fingerprint density at radius 2 is 1.88 bits per heavy atom. The minimum absolute atomic E-state index is 0.215. The first-order valence-electron chi connectivity index (χ1n) is 7.61. The van der Waals surface area contributed by atoms with Gasteiger partial charge < -0.3 is 10.6 Å². The molecular formula is C18H14Cl2N4O2. The quantitative estimate of drug-likeness (QED) is 0.695. The first-order valence-corrected chi connectivity index (χ1v) is 8.37. The Morgan fingerprint density at radius 3 is 2.62 bits per heavy atom. The number of anilines is 2. The van der Waals surface area contributed by atoms with Crippen molar-refractivity contribution >= 4 is 46.4 Å². The third kappa shape index (κ3) is 4.22. The fraction of sp³-hybridized carbons (Fsp3) is 0.0556. The summed E-state index contributed by atoms with van der Waals surface area (Å²) in [6.45, 7) is 1.40. The summed E-state index contributed by atoms with van der Waals surface area (Å²) in [6, 6.07) is 12.0. The molecule has 8 heteroatoms. The second-order valence-electron chi connectivity index (χ2n) is 5.48. The third-order valence-electron chi connectivity index (χ3n) is 3.45. The predicted octanol–water partition coefficient (Wildman–Crippen LogP) is 4.39. The molecule has 2 amide bonds. The van der Waals surface area contributed by atoms with Crippen LogP contribution in [0.3, 0.4) is 0 Å². The average molecular weight is 389 g/mol. The molecule has 0 spiro atoms. The lowest BCUT2D eigenvalue weighted by molar-refractivity contribution is -0.114. The molecule has 0 aliphatic rings. The lowest BCUT2D eigenvalue weighted by Crippen LogP contribution is -2.12. The van der Waals surface area contributed by atoms with E-state index in [-0.39, 0.29) is 11.8 Å². The molecule has 0 radical (unpaired) electrons. The van der Waals surface area contributed by atoms with Gasteiger partial charge >= 0.3 is 0 Å². The van der Waals surface area contributed by atoms with Crippen molar-refractivity contribution in [2.45, 2.75) is 6.92 Å². The summed E-state index contributed by atoms with van der Waals surface area (Å²) >= 11 is 12.1. The van der Waals surface area contributed by atoms with Crippen LogP contribution in [0.4, 0.5) is 11.4 Å². The number of aromatic nitrogens is 2. The maximum absolute atomic E-state index is 12.5. The van der Waals surface area contributed by atoms with Crippen molar-refractivity contribution in [3.63, 3.8) is 0 Å². The van der Waals surface area contributed by atoms with Gasteiger partial charge in [-0.25, -0.2) is 4.68 Å². The van der Waals surface area contributed by atoms with Gasteiger partial charge in [-0.15, -0.1) is 0 Å². The molecule has 3 aromatic rings. The Morgan fingerprint density at radius 1 is 1.08 bits per heavy atom. The van der Waals surface area contributed by atoms with E-state index < -0.39 is 0 Å². The van der Waals surface area contributed by atoms with Crippen LogP contribution in [0.5, 0.6) is 0 Å². The molecule has 26 heavy (non-hydrogen) atoms. The van der Waals surface area contributed by atoms with E-state index in [4.69, 9.17) is 23.2 Å². The highest BCUT2D eigenvalue weighted by molar-refractivity contribution is 6.34. The van der Waals surface area contributed by atoms with E-state index in [1.807, 2.05) is 6.07 Å². The maximum atomic E-state index is 12.5. The number of carbonyl (C=O) groups is 2. The molecule has 0 saturated heterocycles. The second-order valence-corrected chi connectivity index (χ2v) is 6.33. The van der Waals surface area contributed by atoms with E-state index in [9.17, 15) is 9.59 Å². The largest absolute Gasteiger partial charge is 0.326 e. The van der Waals surface area contributed by atoms with Gasteiger partial charge in [0.1, 0.15) is 0 Å². The van der Waals surface area contributed by atoms with E-state index in [2.05, 4.69) is 15.7 Å². The van der Waals surface area contributed by atoms with E-state index in [0.717, 1.165) is 5.69 Å². The molecule has 1 heterocycles. The SMILES string of the molecule is CC(=O)Nc1ccc(Cl)c(NC(=O)c2cnn(-c3cccc(Cl)c3)c2)c1. The van der Waals surface area contributed by atoms with Crippen molar-refractivity contribution in [2.75, 3.05) is 10.6 Å². The average Bonchev–Trinajstić information content (AvgIpc) is 3.07. The highest BCUT2D eigenvalue weighted by Crippen LogP contribution is 2.26. The Bertz CT molecular complexity index is 985. The lowest BCUT2D eigenvalue weighted by Gasteiger charge is -2.09. The van der Waals surface area contributed by atoms with E-state index in [1.165, 1.54) is 13.1 Å². The minimum atomic E-state index is -0.375. The number of hydrogen-bond donors (Lipinski definition) is 2. The zero-order chi connectivity index (χ0) is 18.7. The molecule has 3 rings (SSSR count). The van der Waals surface area contributed by atoms with Crippen molar-refractivity contribution in [1.82, 2.24) is 9.78 Å². The number of nitrogens with zero attached hydrogens (tertiary/aromatic N) is 2. The zero-order valence-electron chi connectivity index (χ0n) is 13.7. The van der Waals surface area contributed by atoms with E-state index in [0.29, 0.717) is 27.0 Å². The molecular weight excluding hydrogens is 375 g/mol. The molecule has 0 unspecified atom stereocenters. The Labute approximate surface area is 159 Å². The number of hydrogen-bond acceptors (Lipinski definition) is 3. The van der Waals surface area contributed by atoms with Gasteiger partial charge in [-0.3, -0.25) is 9.59 Å². The van der Waals surface area contributed by atoms with Gasteiger partial charge in [0, 0.05) is 23.8 Å². The Balaban J connectivity index is 1.80. The molecule has 0 bridgehead atoms. The molecule has 1 aromatic heterocycles. The standard InChI is InChI=1S/C18H14Cl2N4O2/c1-11(25)22-14-5-6-16(20)17(8-14)23-18(26)12-9-21-24(10-12)15-4-2-3-13(19)7-15/h2-10H,1H3,(H,22,25)(H,23,26). The number of nitrogens with one attached hydrogen (secondary N) is 2. The van der Waals surface area contributed by atoms with Crippen molar-refractivity contribution in [1.29, 1.82) is 0 Å². The molecule has 132 valence electrons. The summed E-state index contributed by atoms with van der Waals surface area (Å²) in [6.07, 6.45) is 3.04. The van der Waals surface area contributed by atoms with Gasteiger partial charge in [-0.2, -0.15) is 5.10 Å². The van der Waals surface area contributed by atoms with Crippen molar-refractivity contribution in [3.8, 4) is 5.69 Å². The normalized spacial score (nSPS) is 10.4. The smallest absolute Gasteiger partial charge is 0.258 e. The monoisotopic (exact) mass is 388 g/mol. The van der Waals surface area contributed by atoms with Crippen LogP contribution < -0.4 is 10.6 Å². The van der Waals surface area contributed by atoms with Crippen molar-refractivity contribution in [3.05, 3.63) is 70.5 Å². The van der Waals surface area contributed by atoms with Crippen LogP contribution >= 0.6 is 23.2 Å². The van der Waals surface area contributed by atoms with Crippen LogP contribution in [-0.2, 0) is 4.79 Å². The van der Waals surface area contributed by atoms with Crippen molar-refractivity contribution < 1.29 is 9.59 Å². The molecule has 2 aromatic carbocycles. The van der Waals surface area contributed by atoms with Gasteiger partial charge in [-0.05, 0) is 36.4 Å². The Hall–Kier alpha value is -2.83. The summed E-state index contributed by atoms with van der Waals surface area (Å²) in [5, 5.41) is 10.5. The van der Waals surface area contributed by atoms with Gasteiger partial charge in [0.15, 0.2) is 0 Å². The van der Waals surface area contributed by atoms with Gasteiger partial charge in [-0.1, -0.05) is 29.3 Å². The first-order chi connectivity index (χ1) is 12.4. The van der Waals surface area contributed by atoms with Crippen LogP contribution in [-0.4, -0.2) is 21.6 Å². The molecule has 0 saturated carbocycles. The molecule has 0 fully saturated rings. The summed E-state index contributed by atoms with van der Waals surface area (Å²) in [5.74, 6) is -0.590. The van der Waals surface area contributed by atoms with Crippen LogP contribution in [0.2, 0.25) is 10.0 Å². The summed E-state index contributed by atoms with van der Waals surface area (Å²) in [4.78, 5) is 23.6. The van der Waals surface area contributed by atoms with Crippen LogP contribution in [0.15, 0.2) is 54.9 Å². The van der Waals surface area contributed by atoms with E-state index >= 15 is 0 Å². The van der Waals surface area contributed by atoms with Crippen LogP contribution in [0, 0.1) is 0 Å². The fourth-order valence-electron chi connectivity index (χ4n) is 2.30. The molecule has 6 nitrogen and oxygen atoms in total. The number of benzene rings is 2. The number of carbonyl (C=O) groups excluding carboxylic acids is 2. The first kappa shape index (κ1) is 18.0. The highest BCUT2D eigenvalue weighted by Gasteiger charge is 2.12. The summed E-state index contributed by atoms with van der Waals surface area (Å²) in [5.41, 5.74) is 2.01. The molecule has 2 N–H and O–H groups in total. The third-order valence-corrected chi connectivity index (χ3v) is 4.02. The van der Waals surface area contributed by atoms with Gasteiger partial charge in [0.05, 0.1) is 28.2 Å². The Kier molecular flexibility index (Phi) is 5.25. The topological polar surface area (TPSA) is 76.0 Å². The van der Waals surface area contributed by atoms with Crippen molar-refractivity contribution in [2.24, 2.45) is 0 Å². The lowest BCUT2D eigenvalue weighted by atomic mass is 10.2. The van der Waals surface area contributed by atoms with Gasteiger partial charge in [0.25, 0.3) is 5.91 Å². The van der Waals surface area contributed by atoms with Gasteiger partial charge in [0.2, 0.25) is 5.91 Å². The minimum Gasteiger partial charge on any atom is -0.326 e. The van der Waals surface area contributed by atoms with Crippen LogP contribution in [0.25, 0.3) is 5.69 Å². The number of halogens is 2. The summed E-state index contributed by atoms with van der Waals surface area (Å²) < 4.78 is 1.55. The number of rotatable bonds is 4. The maximum Gasteiger partial charge on any atom is 0.258 e. The number of amides is 2. The molecule has 0 aliphatic heterocycles. The molecule has 0 aliphatic carbocycles. The summed E-state index contributed by atoms with van der Waals surface area (Å²) in [7, 11) is 0. The van der Waals surface area contributed by atoms with E-state index in [1.54, 1.807) is 47.3 Å². The molecule has 0 atom stereocenters. The fourth-order valence-corrected chi connectivity index (χ4v) is 2.65. The van der Waals surface area contributed by atoms with Crippen LogP contribution in [0.1, 0.15) is 17.3 Å².